The molecule has 0 bridgehead atoms. The first kappa shape index (κ1) is 13.0. The highest BCUT2D eigenvalue weighted by Crippen LogP contribution is 2.22. The van der Waals surface area contributed by atoms with E-state index in [9.17, 15) is 0 Å². The van der Waals surface area contributed by atoms with Crippen molar-refractivity contribution in [3.8, 4) is 0 Å². The first-order valence-corrected chi connectivity index (χ1v) is 7.40. The highest BCUT2D eigenvalue weighted by molar-refractivity contribution is 5.14. The van der Waals surface area contributed by atoms with E-state index in [4.69, 9.17) is 0 Å². The molecule has 0 amide bonds. The Morgan fingerprint density at radius 1 is 1.32 bits per heavy atom. The molecule has 1 atom stereocenters. The summed E-state index contributed by atoms with van der Waals surface area (Å²) in [7, 11) is 1.97. The van der Waals surface area contributed by atoms with E-state index in [1.54, 1.807) is 0 Å². The maximum absolute atomic E-state index is 4.58. The number of hydrogen-bond donors (Lipinski definition) is 1. The van der Waals surface area contributed by atoms with Crippen LogP contribution >= 0.6 is 0 Å². The molecule has 1 N–H and O–H groups in total. The summed E-state index contributed by atoms with van der Waals surface area (Å²) in [6.45, 7) is 6.87. The normalized spacial score (nSPS) is 24.6. The molecule has 19 heavy (non-hydrogen) atoms. The lowest BCUT2D eigenvalue weighted by atomic mass is 10.1. The maximum Gasteiger partial charge on any atom is 0.0544 e. The zero-order valence-corrected chi connectivity index (χ0v) is 11.8. The van der Waals surface area contributed by atoms with Crippen LogP contribution in [0.15, 0.2) is 18.3 Å². The smallest absolute Gasteiger partial charge is 0.0544 e. The van der Waals surface area contributed by atoms with Crippen LogP contribution in [-0.2, 0) is 13.1 Å². The second kappa shape index (κ2) is 5.99. The summed E-state index contributed by atoms with van der Waals surface area (Å²) in [5.41, 5.74) is 2.46. The van der Waals surface area contributed by atoms with Crippen molar-refractivity contribution >= 4 is 0 Å². The average molecular weight is 260 g/mol. The Kier molecular flexibility index (Phi) is 4.11. The van der Waals surface area contributed by atoms with Crippen molar-refractivity contribution < 1.29 is 0 Å². The predicted molar refractivity (Wildman–Crippen MR) is 76.9 cm³/mol. The molecule has 0 aliphatic carbocycles. The first-order valence-electron chi connectivity index (χ1n) is 7.40. The van der Waals surface area contributed by atoms with E-state index in [2.05, 4.69) is 32.2 Å². The van der Waals surface area contributed by atoms with Crippen LogP contribution in [-0.4, -0.2) is 54.1 Å². The lowest BCUT2D eigenvalue weighted by Gasteiger charge is -2.37. The second-order valence-electron chi connectivity index (χ2n) is 5.76. The van der Waals surface area contributed by atoms with Crippen molar-refractivity contribution in [2.24, 2.45) is 0 Å². The summed E-state index contributed by atoms with van der Waals surface area (Å²) in [6, 6.07) is 5.16. The molecule has 0 radical (unpaired) electrons. The summed E-state index contributed by atoms with van der Waals surface area (Å²) in [5, 5.41) is 3.15. The Labute approximate surface area is 115 Å². The maximum atomic E-state index is 4.58. The molecule has 3 rings (SSSR count). The summed E-state index contributed by atoms with van der Waals surface area (Å²) in [4.78, 5) is 9.80. The fourth-order valence-corrected chi connectivity index (χ4v) is 3.29. The Morgan fingerprint density at radius 3 is 3.05 bits per heavy atom. The van der Waals surface area contributed by atoms with Crippen molar-refractivity contribution in [2.45, 2.75) is 32.0 Å². The fraction of sp³-hybridized carbons (Fsp3) is 0.667. The van der Waals surface area contributed by atoms with E-state index in [1.165, 1.54) is 50.3 Å². The van der Waals surface area contributed by atoms with Crippen molar-refractivity contribution in [2.75, 3.05) is 33.2 Å². The van der Waals surface area contributed by atoms with Gasteiger partial charge in [-0.05, 0) is 38.1 Å². The molecule has 0 spiro atoms. The van der Waals surface area contributed by atoms with Gasteiger partial charge in [0.15, 0.2) is 0 Å². The van der Waals surface area contributed by atoms with E-state index < -0.39 is 0 Å². The molecule has 2 aliphatic rings. The van der Waals surface area contributed by atoms with E-state index >= 15 is 0 Å². The van der Waals surface area contributed by atoms with Gasteiger partial charge in [0, 0.05) is 45.0 Å². The summed E-state index contributed by atoms with van der Waals surface area (Å²) >= 11 is 0. The van der Waals surface area contributed by atoms with Crippen molar-refractivity contribution in [3.63, 3.8) is 0 Å². The SMILES string of the molecule is CNCc1ccc(CN2CCN3CCCC3C2)nc1. The van der Waals surface area contributed by atoms with Crippen LogP contribution in [0.1, 0.15) is 24.1 Å². The van der Waals surface area contributed by atoms with Crippen LogP contribution in [0.3, 0.4) is 0 Å². The number of fused-ring (bicyclic) bond motifs is 1. The number of rotatable bonds is 4. The van der Waals surface area contributed by atoms with E-state index in [0.29, 0.717) is 0 Å². The molecule has 0 saturated carbocycles. The third kappa shape index (κ3) is 3.14. The Bertz CT molecular complexity index is 403. The Morgan fingerprint density at radius 2 is 2.26 bits per heavy atom. The van der Waals surface area contributed by atoms with Crippen molar-refractivity contribution in [1.82, 2.24) is 20.1 Å². The second-order valence-corrected chi connectivity index (χ2v) is 5.76. The van der Waals surface area contributed by atoms with E-state index in [1.807, 2.05) is 13.2 Å². The van der Waals surface area contributed by atoms with Gasteiger partial charge < -0.3 is 5.32 Å². The molecule has 1 aromatic heterocycles. The zero-order chi connectivity index (χ0) is 13.1. The number of nitrogens with one attached hydrogen (secondary N) is 1. The molecular formula is C15H24N4. The lowest BCUT2D eigenvalue weighted by molar-refractivity contribution is 0.0984. The molecule has 4 heteroatoms. The van der Waals surface area contributed by atoms with E-state index in [0.717, 1.165) is 19.1 Å². The topological polar surface area (TPSA) is 31.4 Å². The molecule has 2 aliphatic heterocycles. The molecule has 1 unspecified atom stereocenters. The summed E-state index contributed by atoms with van der Waals surface area (Å²) < 4.78 is 0. The lowest BCUT2D eigenvalue weighted by Crippen LogP contribution is -2.49. The Hall–Kier alpha value is -0.970. The van der Waals surface area contributed by atoms with Gasteiger partial charge in [-0.1, -0.05) is 6.07 Å². The van der Waals surface area contributed by atoms with Crippen LogP contribution < -0.4 is 5.32 Å². The molecule has 2 fully saturated rings. The molecular weight excluding hydrogens is 236 g/mol. The monoisotopic (exact) mass is 260 g/mol. The highest BCUT2D eigenvalue weighted by Gasteiger charge is 2.30. The van der Waals surface area contributed by atoms with Gasteiger partial charge in [0.1, 0.15) is 0 Å². The molecule has 1 aromatic rings. The van der Waals surface area contributed by atoms with Crippen LogP contribution in [0.2, 0.25) is 0 Å². The highest BCUT2D eigenvalue weighted by atomic mass is 15.3. The van der Waals surface area contributed by atoms with Crippen LogP contribution in [0, 0.1) is 0 Å². The fourth-order valence-electron chi connectivity index (χ4n) is 3.29. The first-order chi connectivity index (χ1) is 9.35. The van der Waals surface area contributed by atoms with Gasteiger partial charge in [0.05, 0.1) is 5.69 Å². The molecule has 3 heterocycles. The van der Waals surface area contributed by atoms with Gasteiger partial charge in [-0.15, -0.1) is 0 Å². The van der Waals surface area contributed by atoms with Gasteiger partial charge in [-0.3, -0.25) is 14.8 Å². The largest absolute Gasteiger partial charge is 0.316 e. The van der Waals surface area contributed by atoms with Gasteiger partial charge in [0.2, 0.25) is 0 Å². The van der Waals surface area contributed by atoms with Gasteiger partial charge in [0.25, 0.3) is 0 Å². The number of pyridine rings is 1. The number of piperazine rings is 1. The minimum atomic E-state index is 0.803. The molecule has 104 valence electrons. The van der Waals surface area contributed by atoms with Crippen molar-refractivity contribution in [3.05, 3.63) is 29.6 Å². The van der Waals surface area contributed by atoms with Gasteiger partial charge in [-0.25, -0.2) is 0 Å². The third-order valence-electron chi connectivity index (χ3n) is 4.32. The average Bonchev–Trinajstić information content (AvgIpc) is 2.89. The Balaban J connectivity index is 1.56. The van der Waals surface area contributed by atoms with Crippen LogP contribution in [0.25, 0.3) is 0 Å². The molecule has 4 nitrogen and oxygen atoms in total. The number of aromatic nitrogens is 1. The third-order valence-corrected chi connectivity index (χ3v) is 4.32. The zero-order valence-electron chi connectivity index (χ0n) is 11.8. The minimum Gasteiger partial charge on any atom is -0.316 e. The summed E-state index contributed by atoms with van der Waals surface area (Å²) in [5.74, 6) is 0. The van der Waals surface area contributed by atoms with Crippen molar-refractivity contribution in [1.29, 1.82) is 0 Å². The quantitative estimate of drug-likeness (QED) is 0.878. The predicted octanol–water partition coefficient (Wildman–Crippen LogP) is 1.08. The standard InChI is InChI=1S/C15H24N4/c1-16-9-13-4-5-14(17-10-13)11-18-7-8-19-6-2-3-15(19)12-18/h4-5,10,15-16H,2-3,6-9,11-12H2,1H3. The number of nitrogens with zero attached hydrogens (tertiary/aromatic N) is 3. The minimum absolute atomic E-state index is 0.803. The molecule has 0 aromatic carbocycles. The van der Waals surface area contributed by atoms with Gasteiger partial charge in [-0.2, -0.15) is 0 Å². The number of hydrogen-bond acceptors (Lipinski definition) is 4. The summed E-state index contributed by atoms with van der Waals surface area (Å²) in [6.07, 6.45) is 4.76. The van der Waals surface area contributed by atoms with Gasteiger partial charge >= 0.3 is 0 Å². The van der Waals surface area contributed by atoms with E-state index in [-0.39, 0.29) is 0 Å². The van der Waals surface area contributed by atoms with Crippen LogP contribution in [0.4, 0.5) is 0 Å². The molecule has 2 saturated heterocycles. The van der Waals surface area contributed by atoms with Crippen LogP contribution in [0.5, 0.6) is 0 Å².